The highest BCUT2D eigenvalue weighted by atomic mass is 16.5. The highest BCUT2D eigenvalue weighted by Gasteiger charge is 2.19. The summed E-state index contributed by atoms with van der Waals surface area (Å²) in [5.74, 6) is 2.60. The van der Waals surface area contributed by atoms with E-state index < -0.39 is 0 Å². The Kier molecular flexibility index (Phi) is 12.9. The Balaban J connectivity index is 0.000000174. The number of aromatic nitrogens is 6. The van der Waals surface area contributed by atoms with Gasteiger partial charge in [-0.15, -0.1) is 0 Å². The summed E-state index contributed by atoms with van der Waals surface area (Å²) in [7, 11) is 0. The minimum Gasteiger partial charge on any atom is -0.489 e. The lowest BCUT2D eigenvalue weighted by atomic mass is 10.1. The molecule has 0 radical (unpaired) electrons. The van der Waals surface area contributed by atoms with E-state index in [1.807, 2.05) is 66.7 Å². The Morgan fingerprint density at radius 3 is 1.53 bits per heavy atom. The maximum absolute atomic E-state index is 9.58. The van der Waals surface area contributed by atoms with Gasteiger partial charge in [0.15, 0.2) is 0 Å². The van der Waals surface area contributed by atoms with Crippen molar-refractivity contribution in [1.29, 1.82) is 10.5 Å². The molecule has 57 heavy (non-hydrogen) atoms. The normalized spacial score (nSPS) is 14.4. The lowest BCUT2D eigenvalue weighted by Gasteiger charge is -2.23. The van der Waals surface area contributed by atoms with Gasteiger partial charge in [0.2, 0.25) is 12.4 Å². The molecule has 2 aromatic carbocycles. The summed E-state index contributed by atoms with van der Waals surface area (Å²) < 4.78 is 23.8. The average molecular weight is 762 g/mol. The van der Waals surface area contributed by atoms with E-state index in [2.05, 4.69) is 37.1 Å². The van der Waals surface area contributed by atoms with Gasteiger partial charge < -0.3 is 18.9 Å². The van der Waals surface area contributed by atoms with Gasteiger partial charge in [0.1, 0.15) is 47.5 Å². The number of pyridine rings is 2. The van der Waals surface area contributed by atoms with Crippen LogP contribution in [0.1, 0.15) is 59.6 Å². The van der Waals surface area contributed by atoms with Gasteiger partial charge in [0.05, 0.1) is 48.9 Å². The van der Waals surface area contributed by atoms with Gasteiger partial charge in [-0.25, -0.2) is 19.9 Å². The molecule has 0 unspecified atom stereocenters. The summed E-state index contributed by atoms with van der Waals surface area (Å²) in [6.07, 6.45) is 14.8. The number of nitriles is 2. The molecule has 2 aliphatic rings. The van der Waals surface area contributed by atoms with Crippen molar-refractivity contribution in [2.45, 2.75) is 50.7 Å². The molecule has 8 rings (SSSR count). The molecule has 2 aliphatic heterocycles. The Labute approximate surface area is 330 Å². The molecular formula is C44H41N8O5+. The molecule has 0 saturated carbocycles. The van der Waals surface area contributed by atoms with E-state index in [1.165, 1.54) is 0 Å². The molecule has 6 aromatic rings. The van der Waals surface area contributed by atoms with E-state index in [1.54, 1.807) is 43.2 Å². The lowest BCUT2D eigenvalue weighted by molar-refractivity contribution is -0.904. The minimum atomic E-state index is 0.0795. The molecule has 13 heteroatoms. The van der Waals surface area contributed by atoms with Crippen LogP contribution >= 0.6 is 0 Å². The number of nitrogens with zero attached hydrogens (tertiary/aromatic N) is 8. The van der Waals surface area contributed by atoms with Gasteiger partial charge in [-0.05, 0) is 71.8 Å². The molecule has 13 nitrogen and oxygen atoms in total. The molecule has 0 amide bonds. The van der Waals surface area contributed by atoms with Crippen molar-refractivity contribution in [3.63, 3.8) is 0 Å². The molecule has 0 spiro atoms. The second-order valence-corrected chi connectivity index (χ2v) is 13.5. The fraction of sp³-hybridized carbons (Fsp3) is 0.273. The zero-order valence-electron chi connectivity index (χ0n) is 31.3. The monoisotopic (exact) mass is 761 g/mol. The van der Waals surface area contributed by atoms with Gasteiger partial charge >= 0.3 is 0 Å². The lowest BCUT2D eigenvalue weighted by Crippen LogP contribution is -2.28. The van der Waals surface area contributed by atoms with Crippen LogP contribution in [0.25, 0.3) is 22.5 Å². The summed E-state index contributed by atoms with van der Waals surface area (Å²) >= 11 is 0. The molecule has 0 aliphatic carbocycles. The van der Waals surface area contributed by atoms with Crippen molar-refractivity contribution in [1.82, 2.24) is 24.9 Å². The van der Waals surface area contributed by atoms with Crippen LogP contribution in [0.4, 0.5) is 0 Å². The number of benzene rings is 2. The topological polar surface area (TPSA) is 173 Å². The summed E-state index contributed by atoms with van der Waals surface area (Å²) in [6.45, 7) is 2.78. The predicted molar refractivity (Wildman–Crippen MR) is 207 cm³/mol. The largest absolute Gasteiger partial charge is 0.489 e. The second kappa shape index (κ2) is 19.2. The highest BCUT2D eigenvalue weighted by molar-refractivity contribution is 5.65. The van der Waals surface area contributed by atoms with Crippen molar-refractivity contribution in [3.05, 3.63) is 144 Å². The molecule has 2 saturated heterocycles. The fourth-order valence-corrected chi connectivity index (χ4v) is 6.43. The average Bonchev–Trinajstić information content (AvgIpc) is 3.26. The molecule has 1 N–H and O–H groups in total. The molecule has 286 valence electrons. The zero-order chi connectivity index (χ0) is 39.2. The van der Waals surface area contributed by atoms with Crippen LogP contribution in [0.5, 0.6) is 11.5 Å². The van der Waals surface area contributed by atoms with E-state index in [-0.39, 0.29) is 12.2 Å². The third kappa shape index (κ3) is 10.7. The first kappa shape index (κ1) is 38.5. The predicted octanol–water partition coefficient (Wildman–Crippen LogP) is 6.25. The summed E-state index contributed by atoms with van der Waals surface area (Å²) in [4.78, 5) is 22.0. The Hall–Kier alpha value is -6.80. The standard InChI is InChI=1S/C22H21N4O3.C22H20N4O2/c23-15-18-14-17(1-2-21(18)29-19-6-11-28-12-7-19)20-3-8-24-22(25-20)13-16-4-9-26(27)10-5-16;23-15-18-14-17(1-2-21(18)28-19-6-11-27-12-7-19)20-5-10-25-22(26-20)13-16-3-8-24-9-4-16/h1-5,8-10,14,19,27H,6-7,11-13H2;1-5,8-10,14,19H,6-7,11-13H2/q+1;. The van der Waals surface area contributed by atoms with Gasteiger partial charge in [0, 0.05) is 91.3 Å². The van der Waals surface area contributed by atoms with Crippen LogP contribution in [-0.4, -0.2) is 68.8 Å². The van der Waals surface area contributed by atoms with Crippen molar-refractivity contribution in [2.24, 2.45) is 0 Å². The zero-order valence-corrected chi connectivity index (χ0v) is 31.3. The van der Waals surface area contributed by atoms with Crippen LogP contribution in [0.15, 0.2) is 110 Å². The first-order valence-corrected chi connectivity index (χ1v) is 18.8. The maximum Gasteiger partial charge on any atom is 0.222 e. The van der Waals surface area contributed by atoms with E-state index in [0.717, 1.165) is 69.9 Å². The molecule has 0 bridgehead atoms. The Morgan fingerprint density at radius 2 is 1.07 bits per heavy atom. The number of rotatable bonds is 10. The van der Waals surface area contributed by atoms with Gasteiger partial charge in [-0.1, -0.05) is 0 Å². The summed E-state index contributed by atoms with van der Waals surface area (Å²) in [5, 5.41) is 28.5. The SMILES string of the molecule is N#Cc1cc(-c2ccnc(Cc3cc[n+](O)cc3)n2)ccc1OC1CCOCC1.N#Cc1cc(-c2ccnc(Cc3ccncc3)n2)ccc1OC1CCOCC1. The molecule has 4 aromatic heterocycles. The first-order valence-electron chi connectivity index (χ1n) is 18.8. The molecule has 6 heterocycles. The van der Waals surface area contributed by atoms with Crippen LogP contribution < -0.4 is 14.2 Å². The van der Waals surface area contributed by atoms with Crippen LogP contribution in [0.2, 0.25) is 0 Å². The van der Waals surface area contributed by atoms with E-state index in [0.29, 0.717) is 67.7 Å². The van der Waals surface area contributed by atoms with E-state index in [9.17, 15) is 15.7 Å². The van der Waals surface area contributed by atoms with Crippen LogP contribution in [0.3, 0.4) is 0 Å². The van der Waals surface area contributed by atoms with Crippen LogP contribution in [-0.2, 0) is 22.3 Å². The second-order valence-electron chi connectivity index (χ2n) is 13.5. The van der Waals surface area contributed by atoms with Crippen molar-refractivity contribution < 1.29 is 28.9 Å². The third-order valence-corrected chi connectivity index (χ3v) is 9.48. The van der Waals surface area contributed by atoms with Gasteiger partial charge in [-0.3, -0.25) is 10.2 Å². The molecule has 0 atom stereocenters. The minimum absolute atomic E-state index is 0.0795. The van der Waals surface area contributed by atoms with Gasteiger partial charge in [-0.2, -0.15) is 10.5 Å². The highest BCUT2D eigenvalue weighted by Crippen LogP contribution is 2.29. The van der Waals surface area contributed by atoms with Crippen molar-refractivity contribution in [2.75, 3.05) is 26.4 Å². The number of ether oxygens (including phenoxy) is 4. The quantitative estimate of drug-likeness (QED) is 0.123. The summed E-state index contributed by atoms with van der Waals surface area (Å²) in [5.41, 5.74) is 6.34. The number of hydrogen-bond acceptors (Lipinski definition) is 12. The fourth-order valence-electron chi connectivity index (χ4n) is 6.43. The third-order valence-electron chi connectivity index (χ3n) is 9.48. The Bertz CT molecular complexity index is 2340. The summed E-state index contributed by atoms with van der Waals surface area (Å²) in [6, 6.07) is 26.9. The van der Waals surface area contributed by atoms with E-state index >= 15 is 0 Å². The first-order chi connectivity index (χ1) is 28.0. The Morgan fingerprint density at radius 1 is 0.614 bits per heavy atom. The molecule has 2 fully saturated rings. The number of hydrogen-bond donors (Lipinski definition) is 1. The van der Waals surface area contributed by atoms with Crippen molar-refractivity contribution >= 4 is 0 Å². The van der Waals surface area contributed by atoms with Crippen LogP contribution in [0, 0.1) is 22.7 Å². The molecular weight excluding hydrogens is 721 g/mol. The smallest absolute Gasteiger partial charge is 0.222 e. The van der Waals surface area contributed by atoms with Gasteiger partial charge in [0.25, 0.3) is 0 Å². The maximum atomic E-state index is 9.58. The van der Waals surface area contributed by atoms with Crippen molar-refractivity contribution in [3.8, 4) is 46.2 Å². The van der Waals surface area contributed by atoms with E-state index in [4.69, 9.17) is 18.9 Å².